The second kappa shape index (κ2) is 5.09. The summed E-state index contributed by atoms with van der Waals surface area (Å²) < 4.78 is 5.72. The van der Waals surface area contributed by atoms with Gasteiger partial charge in [0, 0.05) is 13.1 Å². The van der Waals surface area contributed by atoms with Crippen LogP contribution in [-0.4, -0.2) is 36.1 Å². The van der Waals surface area contributed by atoms with Gasteiger partial charge in [0.2, 0.25) is 11.8 Å². The number of hydrogen-bond donors (Lipinski definition) is 2. The number of nitrogens with two attached hydrogens (primary N) is 1. The van der Waals surface area contributed by atoms with Gasteiger partial charge in [-0.25, -0.2) is 0 Å². The average Bonchev–Trinajstić information content (AvgIpc) is 3.25. The Morgan fingerprint density at radius 2 is 2.24 bits per heavy atom. The lowest BCUT2D eigenvalue weighted by atomic mass is 9.99. The molecule has 0 aromatic carbocycles. The first-order chi connectivity index (χ1) is 9.98. The summed E-state index contributed by atoms with van der Waals surface area (Å²) in [5, 5.41) is 2.88. The van der Waals surface area contributed by atoms with Crippen LogP contribution >= 0.6 is 0 Å². The Bertz CT molecular complexity index is 555. The summed E-state index contributed by atoms with van der Waals surface area (Å²) in [7, 11) is 0. The molecule has 1 aromatic heterocycles. The summed E-state index contributed by atoms with van der Waals surface area (Å²) in [6, 6.07) is 3.65. The molecule has 3 rings (SSSR count). The molecule has 6 heteroatoms. The van der Waals surface area contributed by atoms with Gasteiger partial charge in [0.15, 0.2) is 0 Å². The van der Waals surface area contributed by atoms with Crippen LogP contribution in [0, 0.1) is 5.92 Å². The molecule has 6 nitrogen and oxygen atoms in total. The van der Waals surface area contributed by atoms with Crippen LogP contribution in [0.4, 0.5) is 11.5 Å². The van der Waals surface area contributed by atoms with Crippen LogP contribution in [-0.2, 0) is 4.79 Å². The zero-order chi connectivity index (χ0) is 15.0. The summed E-state index contributed by atoms with van der Waals surface area (Å²) in [5.41, 5.74) is 5.85. The number of nitrogens with one attached hydrogen (secondary N) is 1. The molecule has 2 aliphatic rings. The molecule has 1 aliphatic carbocycles. The molecule has 0 unspecified atom stereocenters. The Balaban J connectivity index is 1.83. The Hall–Kier alpha value is -1.98. The van der Waals surface area contributed by atoms with Gasteiger partial charge in [-0.1, -0.05) is 0 Å². The standard InChI is InChI=1S/C15H22N4O2/c1-15(2)14(20)17-7-8-19(15)12-6-5-11(16)13(18-12)21-9-10-3-4-10/h5-6,10H,3-4,7-9,16H2,1-2H3,(H,17,20). The lowest BCUT2D eigenvalue weighted by Gasteiger charge is -2.42. The predicted octanol–water partition coefficient (Wildman–Crippen LogP) is 1.17. The second-order valence-corrected chi connectivity index (χ2v) is 6.28. The fourth-order valence-corrected chi connectivity index (χ4v) is 2.49. The van der Waals surface area contributed by atoms with Crippen molar-refractivity contribution in [2.45, 2.75) is 32.2 Å². The third-order valence-corrected chi connectivity index (χ3v) is 4.16. The lowest BCUT2D eigenvalue weighted by Crippen LogP contribution is -2.62. The molecule has 1 amide bonds. The minimum Gasteiger partial charge on any atom is -0.476 e. The quantitative estimate of drug-likeness (QED) is 0.870. The van der Waals surface area contributed by atoms with E-state index in [9.17, 15) is 4.79 Å². The van der Waals surface area contributed by atoms with Crippen molar-refractivity contribution in [1.82, 2.24) is 10.3 Å². The largest absolute Gasteiger partial charge is 0.476 e. The topological polar surface area (TPSA) is 80.5 Å². The summed E-state index contributed by atoms with van der Waals surface area (Å²) in [4.78, 5) is 18.6. The van der Waals surface area contributed by atoms with Crippen molar-refractivity contribution < 1.29 is 9.53 Å². The molecule has 1 saturated carbocycles. The van der Waals surface area contributed by atoms with Crippen molar-refractivity contribution in [2.24, 2.45) is 5.92 Å². The number of rotatable bonds is 4. The van der Waals surface area contributed by atoms with Gasteiger partial charge >= 0.3 is 0 Å². The summed E-state index contributed by atoms with van der Waals surface area (Å²) >= 11 is 0. The fraction of sp³-hybridized carbons (Fsp3) is 0.600. The molecule has 0 atom stereocenters. The van der Waals surface area contributed by atoms with Crippen LogP contribution in [0.5, 0.6) is 5.88 Å². The van der Waals surface area contributed by atoms with Gasteiger partial charge in [-0.05, 0) is 44.7 Å². The molecule has 0 bridgehead atoms. The number of carbonyl (C=O) groups is 1. The van der Waals surface area contributed by atoms with Crippen molar-refractivity contribution >= 4 is 17.4 Å². The minimum absolute atomic E-state index is 0.00724. The molecule has 114 valence electrons. The van der Waals surface area contributed by atoms with Crippen LogP contribution in [0.15, 0.2) is 12.1 Å². The lowest BCUT2D eigenvalue weighted by molar-refractivity contribution is -0.126. The van der Waals surface area contributed by atoms with Crippen molar-refractivity contribution in [1.29, 1.82) is 0 Å². The van der Waals surface area contributed by atoms with Gasteiger partial charge in [-0.2, -0.15) is 4.98 Å². The molecular formula is C15H22N4O2. The van der Waals surface area contributed by atoms with E-state index in [0.717, 1.165) is 12.4 Å². The van der Waals surface area contributed by atoms with Crippen LogP contribution in [0.1, 0.15) is 26.7 Å². The fourth-order valence-electron chi connectivity index (χ4n) is 2.49. The molecule has 21 heavy (non-hydrogen) atoms. The van der Waals surface area contributed by atoms with E-state index in [0.29, 0.717) is 30.6 Å². The number of amides is 1. The van der Waals surface area contributed by atoms with Crippen molar-refractivity contribution in [2.75, 3.05) is 30.3 Å². The first kappa shape index (κ1) is 14.0. The van der Waals surface area contributed by atoms with Crippen LogP contribution in [0.2, 0.25) is 0 Å². The van der Waals surface area contributed by atoms with E-state index in [2.05, 4.69) is 10.3 Å². The third kappa shape index (κ3) is 2.75. The molecular weight excluding hydrogens is 268 g/mol. The number of aromatic nitrogens is 1. The highest BCUT2D eigenvalue weighted by Gasteiger charge is 2.38. The first-order valence-corrected chi connectivity index (χ1v) is 7.44. The molecule has 1 aromatic rings. The van der Waals surface area contributed by atoms with E-state index in [1.165, 1.54) is 12.8 Å². The Morgan fingerprint density at radius 3 is 2.95 bits per heavy atom. The zero-order valence-corrected chi connectivity index (χ0v) is 12.6. The van der Waals surface area contributed by atoms with Gasteiger partial charge in [-0.3, -0.25) is 4.79 Å². The predicted molar refractivity (Wildman–Crippen MR) is 81.3 cm³/mol. The highest BCUT2D eigenvalue weighted by atomic mass is 16.5. The maximum absolute atomic E-state index is 12.0. The van der Waals surface area contributed by atoms with Gasteiger partial charge in [0.25, 0.3) is 0 Å². The number of hydrogen-bond acceptors (Lipinski definition) is 5. The van der Waals surface area contributed by atoms with Crippen LogP contribution in [0.25, 0.3) is 0 Å². The van der Waals surface area contributed by atoms with Crippen molar-refractivity contribution in [3.05, 3.63) is 12.1 Å². The van der Waals surface area contributed by atoms with E-state index in [1.807, 2.05) is 24.8 Å². The van der Waals surface area contributed by atoms with Gasteiger partial charge in [0.05, 0.1) is 12.3 Å². The van der Waals surface area contributed by atoms with E-state index in [1.54, 1.807) is 6.07 Å². The smallest absolute Gasteiger partial charge is 0.245 e. The summed E-state index contributed by atoms with van der Waals surface area (Å²) in [6.45, 7) is 5.79. The first-order valence-electron chi connectivity index (χ1n) is 7.44. The van der Waals surface area contributed by atoms with Gasteiger partial charge < -0.3 is 20.7 Å². The Morgan fingerprint density at radius 1 is 1.48 bits per heavy atom. The van der Waals surface area contributed by atoms with E-state index < -0.39 is 5.54 Å². The van der Waals surface area contributed by atoms with E-state index in [-0.39, 0.29) is 5.91 Å². The van der Waals surface area contributed by atoms with Crippen LogP contribution in [0.3, 0.4) is 0 Å². The number of piperazine rings is 1. The van der Waals surface area contributed by atoms with Crippen LogP contribution < -0.4 is 20.7 Å². The molecule has 0 spiro atoms. The monoisotopic (exact) mass is 290 g/mol. The zero-order valence-electron chi connectivity index (χ0n) is 12.6. The highest BCUT2D eigenvalue weighted by molar-refractivity contribution is 5.90. The Labute approximate surface area is 124 Å². The van der Waals surface area contributed by atoms with Gasteiger partial charge in [-0.15, -0.1) is 0 Å². The maximum atomic E-state index is 12.0. The third-order valence-electron chi connectivity index (χ3n) is 4.16. The maximum Gasteiger partial charge on any atom is 0.245 e. The van der Waals surface area contributed by atoms with E-state index in [4.69, 9.17) is 10.5 Å². The number of nitrogens with zero attached hydrogens (tertiary/aromatic N) is 2. The number of anilines is 2. The minimum atomic E-state index is -0.630. The summed E-state index contributed by atoms with van der Waals surface area (Å²) in [6.07, 6.45) is 2.44. The number of ether oxygens (including phenoxy) is 1. The number of carbonyl (C=O) groups excluding carboxylic acids is 1. The second-order valence-electron chi connectivity index (χ2n) is 6.28. The molecule has 1 saturated heterocycles. The molecule has 3 N–H and O–H groups in total. The normalized spacial score (nSPS) is 21.0. The van der Waals surface area contributed by atoms with E-state index >= 15 is 0 Å². The van der Waals surface area contributed by atoms with Crippen molar-refractivity contribution in [3.63, 3.8) is 0 Å². The van der Waals surface area contributed by atoms with Crippen molar-refractivity contribution in [3.8, 4) is 5.88 Å². The molecule has 2 fully saturated rings. The number of pyridine rings is 1. The molecule has 1 aliphatic heterocycles. The molecule has 2 heterocycles. The number of nitrogen functional groups attached to an aromatic ring is 1. The average molecular weight is 290 g/mol. The van der Waals surface area contributed by atoms with Gasteiger partial charge in [0.1, 0.15) is 11.4 Å². The summed E-state index contributed by atoms with van der Waals surface area (Å²) in [5.74, 6) is 1.86. The Kier molecular flexibility index (Phi) is 3.39. The SMILES string of the molecule is CC1(C)C(=O)NCCN1c1ccc(N)c(OCC2CC2)n1. The molecule has 0 radical (unpaired) electrons. The highest BCUT2D eigenvalue weighted by Crippen LogP contribution is 2.32.